The van der Waals surface area contributed by atoms with E-state index in [9.17, 15) is 4.79 Å². The van der Waals surface area contributed by atoms with Gasteiger partial charge in [-0.15, -0.1) is 0 Å². The van der Waals surface area contributed by atoms with Gasteiger partial charge in [0.25, 0.3) is 0 Å². The molecule has 1 rings (SSSR count). The summed E-state index contributed by atoms with van der Waals surface area (Å²) in [6.07, 6.45) is 4.63. The van der Waals surface area contributed by atoms with Gasteiger partial charge in [-0.3, -0.25) is 4.79 Å². The van der Waals surface area contributed by atoms with E-state index in [2.05, 4.69) is 13.0 Å². The lowest BCUT2D eigenvalue weighted by Crippen LogP contribution is -2.34. The predicted molar refractivity (Wildman–Crippen MR) is 61.6 cm³/mol. The molecule has 1 aliphatic carbocycles. The van der Waals surface area contributed by atoms with Gasteiger partial charge in [-0.25, -0.2) is 0 Å². The highest BCUT2D eigenvalue weighted by Crippen LogP contribution is 2.52. The number of rotatable bonds is 3. The van der Waals surface area contributed by atoms with Crippen LogP contribution in [0.15, 0.2) is 11.6 Å². The molecule has 0 aromatic rings. The molecule has 1 atom stereocenters. The monoisotopic (exact) mass is 210 g/mol. The van der Waals surface area contributed by atoms with Crippen LogP contribution in [0.2, 0.25) is 0 Å². The molecule has 0 saturated heterocycles. The Morgan fingerprint density at radius 3 is 2.47 bits per heavy atom. The lowest BCUT2D eigenvalue weighted by molar-refractivity contribution is -0.127. The first-order valence-corrected chi connectivity index (χ1v) is 5.63. The Morgan fingerprint density at radius 2 is 2.07 bits per heavy atom. The predicted octanol–water partition coefficient (Wildman–Crippen LogP) is 2.71. The van der Waals surface area contributed by atoms with Crippen molar-refractivity contribution in [3.63, 3.8) is 0 Å². The second kappa shape index (κ2) is 4.09. The quantitative estimate of drug-likeness (QED) is 0.727. The Balaban J connectivity index is 2.80. The summed E-state index contributed by atoms with van der Waals surface area (Å²) in [5.74, 6) is 0.375. The molecule has 2 heteroatoms. The largest absolute Gasteiger partial charge is 0.392 e. The average molecular weight is 210 g/mol. The molecule has 0 aromatic heterocycles. The molecular formula is C13H22O2. The highest BCUT2D eigenvalue weighted by atomic mass is 16.3. The summed E-state index contributed by atoms with van der Waals surface area (Å²) in [6, 6.07) is 0. The molecular weight excluding hydrogens is 188 g/mol. The summed E-state index contributed by atoms with van der Waals surface area (Å²) in [5, 5.41) is 8.94. The van der Waals surface area contributed by atoms with Crippen molar-refractivity contribution >= 4 is 5.78 Å². The molecule has 1 N–H and O–H groups in total. The van der Waals surface area contributed by atoms with E-state index in [1.165, 1.54) is 0 Å². The number of aliphatic hydroxyl groups excluding tert-OH is 1. The van der Waals surface area contributed by atoms with Gasteiger partial charge in [0.15, 0.2) is 0 Å². The van der Waals surface area contributed by atoms with E-state index in [0.29, 0.717) is 12.2 Å². The van der Waals surface area contributed by atoms with Crippen LogP contribution in [-0.2, 0) is 4.79 Å². The summed E-state index contributed by atoms with van der Waals surface area (Å²) in [4.78, 5) is 11.8. The molecule has 1 saturated carbocycles. The molecule has 0 aliphatic heterocycles. The van der Waals surface area contributed by atoms with Crippen molar-refractivity contribution in [1.82, 2.24) is 0 Å². The summed E-state index contributed by atoms with van der Waals surface area (Å²) in [7, 11) is 0. The minimum Gasteiger partial charge on any atom is -0.392 e. The van der Waals surface area contributed by atoms with Crippen LogP contribution in [0.25, 0.3) is 0 Å². The third-order valence-corrected chi connectivity index (χ3v) is 4.26. The van der Waals surface area contributed by atoms with Crippen molar-refractivity contribution in [2.24, 2.45) is 10.8 Å². The van der Waals surface area contributed by atoms with Crippen molar-refractivity contribution in [2.45, 2.75) is 47.0 Å². The Kier molecular flexibility index (Phi) is 3.39. The Labute approximate surface area is 92.4 Å². The molecule has 2 nitrogen and oxygen atoms in total. The molecule has 0 heterocycles. The average Bonchev–Trinajstić information content (AvgIpc) is 2.39. The number of allylic oxidation sites excluding steroid dienone is 1. The first-order chi connectivity index (χ1) is 6.83. The number of carbonyl (C=O) groups excluding carboxylic acids is 1. The maximum atomic E-state index is 11.8. The van der Waals surface area contributed by atoms with E-state index in [1.807, 2.05) is 20.8 Å². The normalized spacial score (nSPS) is 31.0. The standard InChI is InChI=1S/C13H22O2/c1-10(9-14)5-7-13(4)8-6-11(15)12(13,2)3/h5,14H,6-9H2,1-4H3/b10-5+. The number of Topliss-reactive ketones (excluding diaryl/α,β-unsaturated/α-hetero) is 1. The molecule has 1 fully saturated rings. The second-order valence-electron chi connectivity index (χ2n) is 5.52. The molecule has 86 valence electrons. The van der Waals surface area contributed by atoms with Crippen molar-refractivity contribution < 1.29 is 9.90 Å². The van der Waals surface area contributed by atoms with Crippen LogP contribution >= 0.6 is 0 Å². The molecule has 0 bridgehead atoms. The summed E-state index contributed by atoms with van der Waals surface area (Å²) >= 11 is 0. The minimum atomic E-state index is -0.223. The van der Waals surface area contributed by atoms with E-state index in [4.69, 9.17) is 5.11 Å². The van der Waals surface area contributed by atoms with Crippen LogP contribution in [0.1, 0.15) is 47.0 Å². The van der Waals surface area contributed by atoms with Gasteiger partial charge in [0.2, 0.25) is 0 Å². The molecule has 0 aromatic carbocycles. The van der Waals surface area contributed by atoms with Gasteiger partial charge < -0.3 is 5.11 Å². The first-order valence-electron chi connectivity index (χ1n) is 5.63. The van der Waals surface area contributed by atoms with E-state index in [0.717, 1.165) is 18.4 Å². The number of ketones is 1. The van der Waals surface area contributed by atoms with Crippen LogP contribution in [-0.4, -0.2) is 17.5 Å². The van der Waals surface area contributed by atoms with Crippen molar-refractivity contribution in [3.8, 4) is 0 Å². The minimum absolute atomic E-state index is 0.0561. The zero-order valence-electron chi connectivity index (χ0n) is 10.3. The maximum Gasteiger partial charge on any atom is 0.139 e. The number of hydrogen-bond donors (Lipinski definition) is 1. The highest BCUT2D eigenvalue weighted by Gasteiger charge is 2.50. The van der Waals surface area contributed by atoms with Crippen LogP contribution < -0.4 is 0 Å². The molecule has 0 spiro atoms. The summed E-state index contributed by atoms with van der Waals surface area (Å²) < 4.78 is 0. The van der Waals surface area contributed by atoms with Crippen LogP contribution in [0.4, 0.5) is 0 Å². The van der Waals surface area contributed by atoms with E-state index < -0.39 is 0 Å². The van der Waals surface area contributed by atoms with Gasteiger partial charge in [0, 0.05) is 11.8 Å². The van der Waals surface area contributed by atoms with Crippen molar-refractivity contribution in [3.05, 3.63) is 11.6 Å². The smallest absolute Gasteiger partial charge is 0.139 e. The maximum absolute atomic E-state index is 11.8. The van der Waals surface area contributed by atoms with Crippen LogP contribution in [0.3, 0.4) is 0 Å². The zero-order valence-corrected chi connectivity index (χ0v) is 10.3. The summed E-state index contributed by atoms with van der Waals surface area (Å²) in [5.41, 5.74) is 0.825. The fourth-order valence-corrected chi connectivity index (χ4v) is 2.17. The Hall–Kier alpha value is -0.630. The molecule has 1 aliphatic rings. The van der Waals surface area contributed by atoms with E-state index in [1.54, 1.807) is 0 Å². The van der Waals surface area contributed by atoms with E-state index in [-0.39, 0.29) is 17.4 Å². The third-order valence-electron chi connectivity index (χ3n) is 4.26. The van der Waals surface area contributed by atoms with Gasteiger partial charge in [-0.2, -0.15) is 0 Å². The first kappa shape index (κ1) is 12.4. The fraction of sp³-hybridized carbons (Fsp3) is 0.769. The van der Waals surface area contributed by atoms with Crippen LogP contribution in [0.5, 0.6) is 0 Å². The molecule has 1 unspecified atom stereocenters. The molecule has 0 amide bonds. The van der Waals surface area contributed by atoms with Crippen molar-refractivity contribution in [2.75, 3.05) is 6.61 Å². The zero-order chi connectivity index (χ0) is 11.7. The molecule has 0 radical (unpaired) electrons. The topological polar surface area (TPSA) is 37.3 Å². The highest BCUT2D eigenvalue weighted by molar-refractivity contribution is 5.87. The third kappa shape index (κ3) is 2.15. The lowest BCUT2D eigenvalue weighted by atomic mass is 9.67. The number of aliphatic hydroxyl groups is 1. The molecule has 15 heavy (non-hydrogen) atoms. The van der Waals surface area contributed by atoms with Gasteiger partial charge in [-0.1, -0.05) is 32.4 Å². The van der Waals surface area contributed by atoms with Gasteiger partial charge in [-0.05, 0) is 25.2 Å². The Bertz CT molecular complexity index is 289. The fourth-order valence-electron chi connectivity index (χ4n) is 2.17. The number of carbonyl (C=O) groups is 1. The summed E-state index contributed by atoms with van der Waals surface area (Å²) in [6.45, 7) is 8.31. The lowest BCUT2D eigenvalue weighted by Gasteiger charge is -2.36. The van der Waals surface area contributed by atoms with Gasteiger partial charge in [0.05, 0.1) is 6.61 Å². The second-order valence-corrected chi connectivity index (χ2v) is 5.52. The SMILES string of the molecule is C/C(=C\CC1(C)CCC(=O)C1(C)C)CO. The van der Waals surface area contributed by atoms with Gasteiger partial charge in [0.1, 0.15) is 5.78 Å². The number of hydrogen-bond acceptors (Lipinski definition) is 2. The van der Waals surface area contributed by atoms with Crippen molar-refractivity contribution in [1.29, 1.82) is 0 Å². The van der Waals surface area contributed by atoms with Gasteiger partial charge >= 0.3 is 0 Å². The Morgan fingerprint density at radius 1 is 1.47 bits per heavy atom. The van der Waals surface area contributed by atoms with E-state index >= 15 is 0 Å². The van der Waals surface area contributed by atoms with Crippen LogP contribution in [0, 0.1) is 10.8 Å².